The summed E-state index contributed by atoms with van der Waals surface area (Å²) in [5, 5.41) is 4.72. The summed E-state index contributed by atoms with van der Waals surface area (Å²) in [6, 6.07) is 7.07. The number of nitrogens with zero attached hydrogens (tertiary/aromatic N) is 1. The summed E-state index contributed by atoms with van der Waals surface area (Å²) in [4.78, 5) is 14.1. The third-order valence-electron chi connectivity index (χ3n) is 6.67. The van der Waals surface area contributed by atoms with E-state index in [0.717, 1.165) is 43.9 Å². The van der Waals surface area contributed by atoms with Crippen LogP contribution in [0.1, 0.15) is 64.0 Å². The number of aryl methyl sites for hydroxylation is 1. The van der Waals surface area contributed by atoms with Gasteiger partial charge in [0.1, 0.15) is 5.60 Å². The smallest absolute Gasteiger partial charge is 0.410 e. The molecule has 0 aromatic heterocycles. The first kappa shape index (κ1) is 20.0. The molecule has 5 heteroatoms. The van der Waals surface area contributed by atoms with E-state index in [1.807, 2.05) is 25.7 Å². The van der Waals surface area contributed by atoms with Crippen molar-refractivity contribution in [2.75, 3.05) is 19.6 Å². The van der Waals surface area contributed by atoms with Gasteiger partial charge in [-0.05, 0) is 95.0 Å². The van der Waals surface area contributed by atoms with Crippen molar-refractivity contribution in [2.24, 2.45) is 5.92 Å². The number of ether oxygens (including phenoxy) is 1. The van der Waals surface area contributed by atoms with E-state index in [1.165, 1.54) is 30.4 Å². The molecule has 0 radical (unpaired) electrons. The van der Waals surface area contributed by atoms with E-state index in [9.17, 15) is 4.79 Å². The predicted molar refractivity (Wildman–Crippen MR) is 113 cm³/mol. The van der Waals surface area contributed by atoms with Crippen LogP contribution in [0, 0.1) is 5.92 Å². The standard InChI is InChI=1S/C23H33ClN2O2/c1-22(2,3)28-21(27)26-11-8-16(9-12-26)15-25-20-14-23(20)10-4-5-17-13-18(24)6-7-19(17)23/h6-7,13,16,20,25H,4-5,8-12,14-15H2,1-3H3. The highest BCUT2D eigenvalue weighted by Gasteiger charge is 2.56. The lowest BCUT2D eigenvalue weighted by Gasteiger charge is -2.34. The van der Waals surface area contributed by atoms with Crippen LogP contribution in [0.2, 0.25) is 5.02 Å². The van der Waals surface area contributed by atoms with Gasteiger partial charge in [-0.1, -0.05) is 17.7 Å². The van der Waals surface area contributed by atoms with Crippen LogP contribution < -0.4 is 5.32 Å². The van der Waals surface area contributed by atoms with Crippen LogP contribution in [-0.4, -0.2) is 42.3 Å². The second-order valence-corrected chi connectivity index (χ2v) is 10.3. The molecule has 2 fully saturated rings. The van der Waals surface area contributed by atoms with Gasteiger partial charge in [-0.2, -0.15) is 0 Å². The van der Waals surface area contributed by atoms with Gasteiger partial charge in [0, 0.05) is 29.6 Å². The molecule has 1 N–H and O–H groups in total. The normalized spacial score (nSPS) is 27.6. The second-order valence-electron chi connectivity index (χ2n) is 9.89. The number of benzene rings is 1. The van der Waals surface area contributed by atoms with Crippen LogP contribution in [-0.2, 0) is 16.6 Å². The lowest BCUT2D eigenvalue weighted by molar-refractivity contribution is 0.0184. The fourth-order valence-electron chi connectivity index (χ4n) is 5.09. The molecule has 2 atom stereocenters. The Hall–Kier alpha value is -1.26. The fourth-order valence-corrected chi connectivity index (χ4v) is 5.28. The summed E-state index contributed by atoms with van der Waals surface area (Å²) in [5.41, 5.74) is 2.90. The molecule has 1 aromatic rings. The quantitative estimate of drug-likeness (QED) is 0.777. The van der Waals surface area contributed by atoms with Crippen molar-refractivity contribution in [3.63, 3.8) is 0 Å². The van der Waals surface area contributed by atoms with E-state index in [-0.39, 0.29) is 6.09 Å². The molecule has 1 heterocycles. The van der Waals surface area contributed by atoms with E-state index in [4.69, 9.17) is 16.3 Å². The van der Waals surface area contributed by atoms with Gasteiger partial charge in [0.25, 0.3) is 0 Å². The van der Waals surface area contributed by atoms with Crippen molar-refractivity contribution in [1.82, 2.24) is 10.2 Å². The Morgan fingerprint density at radius 3 is 2.79 bits per heavy atom. The molecule has 1 aromatic carbocycles. The molecule has 154 valence electrons. The number of rotatable bonds is 3. The number of carbonyl (C=O) groups excluding carboxylic acids is 1. The first-order valence-corrected chi connectivity index (χ1v) is 11.1. The van der Waals surface area contributed by atoms with Gasteiger partial charge in [-0.15, -0.1) is 0 Å². The van der Waals surface area contributed by atoms with E-state index in [1.54, 1.807) is 0 Å². The molecule has 1 amide bonds. The van der Waals surface area contributed by atoms with Gasteiger partial charge in [-0.25, -0.2) is 4.79 Å². The molecule has 2 unspecified atom stereocenters. The molecule has 1 spiro atoms. The van der Waals surface area contributed by atoms with Crippen LogP contribution in [0.3, 0.4) is 0 Å². The molecule has 1 saturated carbocycles. The van der Waals surface area contributed by atoms with Crippen LogP contribution in [0.15, 0.2) is 18.2 Å². The molecule has 28 heavy (non-hydrogen) atoms. The molecule has 1 saturated heterocycles. The number of amides is 1. The number of halogens is 1. The third kappa shape index (κ3) is 4.18. The Balaban J connectivity index is 1.26. The van der Waals surface area contributed by atoms with Crippen molar-refractivity contribution < 1.29 is 9.53 Å². The summed E-state index contributed by atoms with van der Waals surface area (Å²) in [5.74, 6) is 0.643. The third-order valence-corrected chi connectivity index (χ3v) is 6.90. The van der Waals surface area contributed by atoms with Crippen LogP contribution >= 0.6 is 11.6 Å². The van der Waals surface area contributed by atoms with Gasteiger partial charge >= 0.3 is 6.09 Å². The second kappa shape index (κ2) is 7.53. The van der Waals surface area contributed by atoms with Crippen molar-refractivity contribution in [3.8, 4) is 0 Å². The van der Waals surface area contributed by atoms with E-state index in [2.05, 4.69) is 23.5 Å². The van der Waals surface area contributed by atoms with Crippen molar-refractivity contribution >= 4 is 17.7 Å². The Bertz CT molecular complexity index is 737. The summed E-state index contributed by atoms with van der Waals surface area (Å²) < 4.78 is 5.50. The average molecular weight is 405 g/mol. The molecule has 3 aliphatic rings. The molecule has 4 nitrogen and oxygen atoms in total. The van der Waals surface area contributed by atoms with Crippen molar-refractivity contribution in [1.29, 1.82) is 0 Å². The van der Waals surface area contributed by atoms with Crippen molar-refractivity contribution in [2.45, 2.75) is 76.4 Å². The van der Waals surface area contributed by atoms with Gasteiger partial charge in [0.15, 0.2) is 0 Å². The van der Waals surface area contributed by atoms with E-state index in [0.29, 0.717) is 17.4 Å². The molecular weight excluding hydrogens is 372 g/mol. The van der Waals surface area contributed by atoms with E-state index < -0.39 is 5.60 Å². The zero-order chi connectivity index (χ0) is 19.9. The maximum absolute atomic E-state index is 12.2. The molecular formula is C23H33ClN2O2. The molecule has 1 aliphatic heterocycles. The largest absolute Gasteiger partial charge is 0.444 e. The van der Waals surface area contributed by atoms with Gasteiger partial charge in [0.2, 0.25) is 0 Å². The first-order chi connectivity index (χ1) is 13.3. The summed E-state index contributed by atoms with van der Waals surface area (Å²) >= 11 is 6.21. The number of hydrogen-bond acceptors (Lipinski definition) is 3. The highest BCUT2D eigenvalue weighted by atomic mass is 35.5. The van der Waals surface area contributed by atoms with Crippen LogP contribution in [0.5, 0.6) is 0 Å². The number of likely N-dealkylation sites (tertiary alicyclic amines) is 1. The minimum atomic E-state index is -0.420. The zero-order valence-electron chi connectivity index (χ0n) is 17.4. The number of piperidine rings is 1. The highest BCUT2D eigenvalue weighted by molar-refractivity contribution is 6.30. The number of hydrogen-bond donors (Lipinski definition) is 1. The minimum Gasteiger partial charge on any atom is -0.444 e. The van der Waals surface area contributed by atoms with Crippen LogP contribution in [0.4, 0.5) is 4.79 Å². The van der Waals surface area contributed by atoms with Gasteiger partial charge in [-0.3, -0.25) is 0 Å². The maximum atomic E-state index is 12.2. The number of carbonyl (C=O) groups is 1. The monoisotopic (exact) mass is 404 g/mol. The lowest BCUT2D eigenvalue weighted by atomic mass is 9.79. The Morgan fingerprint density at radius 1 is 1.32 bits per heavy atom. The molecule has 2 aliphatic carbocycles. The summed E-state index contributed by atoms with van der Waals surface area (Å²) in [6.07, 6.45) is 6.90. The fraction of sp³-hybridized carbons (Fsp3) is 0.696. The minimum absolute atomic E-state index is 0.169. The predicted octanol–water partition coefficient (Wildman–Crippen LogP) is 4.92. The lowest BCUT2D eigenvalue weighted by Crippen LogP contribution is -2.43. The summed E-state index contributed by atoms with van der Waals surface area (Å²) in [7, 11) is 0. The maximum Gasteiger partial charge on any atom is 0.410 e. The van der Waals surface area contributed by atoms with Crippen LogP contribution in [0.25, 0.3) is 0 Å². The zero-order valence-corrected chi connectivity index (χ0v) is 18.1. The Kier molecular flexibility index (Phi) is 5.39. The SMILES string of the molecule is CC(C)(C)OC(=O)N1CCC(CNC2CC23CCCc2cc(Cl)ccc23)CC1. The summed E-state index contributed by atoms with van der Waals surface area (Å²) in [6.45, 7) is 8.42. The van der Waals surface area contributed by atoms with Crippen molar-refractivity contribution in [3.05, 3.63) is 34.3 Å². The molecule has 4 rings (SSSR count). The Labute approximate surface area is 174 Å². The van der Waals surface area contributed by atoms with Gasteiger partial charge < -0.3 is 15.0 Å². The number of nitrogens with one attached hydrogen (secondary N) is 1. The average Bonchev–Trinajstić information content (AvgIpc) is 3.32. The highest BCUT2D eigenvalue weighted by Crippen LogP contribution is 2.55. The molecule has 0 bridgehead atoms. The topological polar surface area (TPSA) is 41.6 Å². The van der Waals surface area contributed by atoms with Gasteiger partial charge in [0.05, 0.1) is 0 Å². The number of fused-ring (bicyclic) bond motifs is 2. The Morgan fingerprint density at radius 2 is 2.07 bits per heavy atom. The van der Waals surface area contributed by atoms with E-state index >= 15 is 0 Å². The first-order valence-electron chi connectivity index (χ1n) is 10.8.